The fourth-order valence-electron chi connectivity index (χ4n) is 3.49. The number of rotatable bonds is 10. The molecule has 0 saturated heterocycles. The zero-order valence-corrected chi connectivity index (χ0v) is 16.6. The van der Waals surface area contributed by atoms with Crippen LogP contribution in [0.3, 0.4) is 0 Å². The van der Waals surface area contributed by atoms with Crippen LogP contribution in [0, 0.1) is 6.92 Å². The van der Waals surface area contributed by atoms with Crippen molar-refractivity contribution in [2.24, 2.45) is 0 Å². The highest BCUT2D eigenvalue weighted by Gasteiger charge is 2.09. The summed E-state index contributed by atoms with van der Waals surface area (Å²) in [6.45, 7) is 6.99. The van der Waals surface area contributed by atoms with Crippen LogP contribution in [-0.2, 0) is 13.0 Å². The quantitative estimate of drug-likeness (QED) is 0.444. The highest BCUT2D eigenvalue weighted by molar-refractivity contribution is 5.87. The van der Waals surface area contributed by atoms with Crippen LogP contribution in [0.1, 0.15) is 42.9 Å². The monoisotopic (exact) mass is 361 g/mol. The largest absolute Gasteiger partial charge is 0.493 e. The molecule has 2 heteroatoms. The van der Waals surface area contributed by atoms with E-state index >= 15 is 0 Å². The third kappa shape index (κ3) is 5.33. The lowest BCUT2D eigenvalue weighted by atomic mass is 10.0. The van der Waals surface area contributed by atoms with Gasteiger partial charge in [0, 0.05) is 12.1 Å². The topological polar surface area (TPSA) is 21.3 Å². The predicted molar refractivity (Wildman–Crippen MR) is 116 cm³/mol. The molecule has 0 aliphatic heterocycles. The van der Waals surface area contributed by atoms with Gasteiger partial charge in [-0.3, -0.25) is 0 Å². The molecule has 0 aliphatic rings. The Morgan fingerprint density at radius 2 is 1.70 bits per heavy atom. The molecule has 0 radical (unpaired) electrons. The first kappa shape index (κ1) is 19.4. The van der Waals surface area contributed by atoms with Crippen molar-refractivity contribution in [2.45, 2.75) is 46.1 Å². The van der Waals surface area contributed by atoms with Gasteiger partial charge in [0.1, 0.15) is 5.75 Å². The Balaban J connectivity index is 1.68. The summed E-state index contributed by atoms with van der Waals surface area (Å²) in [5.41, 5.74) is 4.05. The van der Waals surface area contributed by atoms with Gasteiger partial charge in [-0.15, -0.1) is 0 Å². The minimum Gasteiger partial charge on any atom is -0.493 e. The first-order valence-corrected chi connectivity index (χ1v) is 10.2. The normalized spacial score (nSPS) is 11.0. The second kappa shape index (κ2) is 10.1. The van der Waals surface area contributed by atoms with Crippen LogP contribution in [0.15, 0.2) is 60.7 Å². The predicted octanol–water partition coefficient (Wildman–Crippen LogP) is 6.05. The van der Waals surface area contributed by atoms with Gasteiger partial charge in [-0.1, -0.05) is 74.4 Å². The molecule has 0 amide bonds. The first-order chi connectivity index (χ1) is 13.3. The summed E-state index contributed by atoms with van der Waals surface area (Å²) < 4.78 is 6.14. The summed E-state index contributed by atoms with van der Waals surface area (Å²) >= 11 is 0. The van der Waals surface area contributed by atoms with Gasteiger partial charge in [-0.25, -0.2) is 0 Å². The SMILES string of the molecule is CCCCCOc1ccc2ccccc2c1CNCCc1ccccc1C. The number of ether oxygens (including phenoxy) is 1. The molecule has 0 aliphatic carbocycles. The average molecular weight is 362 g/mol. The Morgan fingerprint density at radius 3 is 2.56 bits per heavy atom. The van der Waals surface area contributed by atoms with E-state index in [1.165, 1.54) is 40.3 Å². The van der Waals surface area contributed by atoms with Gasteiger partial charge in [-0.2, -0.15) is 0 Å². The maximum atomic E-state index is 6.14. The van der Waals surface area contributed by atoms with E-state index in [2.05, 4.69) is 79.8 Å². The van der Waals surface area contributed by atoms with E-state index in [0.29, 0.717) is 0 Å². The van der Waals surface area contributed by atoms with E-state index in [1.54, 1.807) is 0 Å². The smallest absolute Gasteiger partial charge is 0.124 e. The summed E-state index contributed by atoms with van der Waals surface area (Å²) in [6, 6.07) is 21.5. The lowest BCUT2D eigenvalue weighted by Crippen LogP contribution is -2.18. The molecule has 0 unspecified atom stereocenters. The van der Waals surface area contributed by atoms with Crippen LogP contribution in [0.5, 0.6) is 5.75 Å². The second-order valence-corrected chi connectivity index (χ2v) is 7.17. The van der Waals surface area contributed by atoms with Crippen molar-refractivity contribution in [2.75, 3.05) is 13.2 Å². The maximum absolute atomic E-state index is 6.14. The molecule has 3 aromatic carbocycles. The molecule has 0 bridgehead atoms. The number of aryl methyl sites for hydroxylation is 1. The zero-order chi connectivity index (χ0) is 18.9. The Bertz CT molecular complexity index is 856. The summed E-state index contributed by atoms with van der Waals surface area (Å²) in [5.74, 6) is 1.02. The highest BCUT2D eigenvalue weighted by Crippen LogP contribution is 2.28. The van der Waals surface area contributed by atoms with Crippen molar-refractivity contribution in [3.8, 4) is 5.75 Å². The molecule has 3 aromatic rings. The van der Waals surface area contributed by atoms with E-state index < -0.39 is 0 Å². The molecule has 3 rings (SSSR count). The minimum atomic E-state index is 0.794. The number of unbranched alkanes of at least 4 members (excludes halogenated alkanes) is 2. The summed E-state index contributed by atoms with van der Waals surface area (Å²) in [5, 5.41) is 6.19. The van der Waals surface area contributed by atoms with Gasteiger partial charge in [0.25, 0.3) is 0 Å². The van der Waals surface area contributed by atoms with E-state index in [1.807, 2.05) is 0 Å². The Hall–Kier alpha value is -2.32. The number of nitrogens with one attached hydrogen (secondary N) is 1. The fourth-order valence-corrected chi connectivity index (χ4v) is 3.49. The zero-order valence-electron chi connectivity index (χ0n) is 16.6. The second-order valence-electron chi connectivity index (χ2n) is 7.17. The highest BCUT2D eigenvalue weighted by atomic mass is 16.5. The molecule has 0 spiro atoms. The Labute approximate surface area is 163 Å². The summed E-state index contributed by atoms with van der Waals surface area (Å²) in [7, 11) is 0. The molecule has 0 heterocycles. The molecular formula is C25H31NO. The number of benzene rings is 3. The standard InChI is InChI=1S/C25H31NO/c1-3-4-9-18-27-25-15-14-22-12-7-8-13-23(22)24(25)19-26-17-16-21-11-6-5-10-20(21)2/h5-8,10-15,26H,3-4,9,16-19H2,1-2H3. The lowest BCUT2D eigenvalue weighted by molar-refractivity contribution is 0.303. The van der Waals surface area contributed by atoms with Gasteiger partial charge in [-0.05, 0) is 54.3 Å². The molecular weight excluding hydrogens is 330 g/mol. The van der Waals surface area contributed by atoms with Gasteiger partial charge in [0.15, 0.2) is 0 Å². The van der Waals surface area contributed by atoms with E-state index in [4.69, 9.17) is 4.74 Å². The number of hydrogen-bond acceptors (Lipinski definition) is 2. The van der Waals surface area contributed by atoms with Gasteiger partial charge < -0.3 is 10.1 Å². The van der Waals surface area contributed by atoms with Crippen molar-refractivity contribution in [3.63, 3.8) is 0 Å². The molecule has 0 atom stereocenters. The van der Waals surface area contributed by atoms with Crippen LogP contribution in [0.2, 0.25) is 0 Å². The third-order valence-electron chi connectivity index (χ3n) is 5.14. The van der Waals surface area contributed by atoms with Crippen LogP contribution in [0.4, 0.5) is 0 Å². The van der Waals surface area contributed by atoms with Crippen molar-refractivity contribution < 1.29 is 4.74 Å². The van der Waals surface area contributed by atoms with Crippen LogP contribution in [-0.4, -0.2) is 13.2 Å². The van der Waals surface area contributed by atoms with Gasteiger partial charge >= 0.3 is 0 Å². The third-order valence-corrected chi connectivity index (χ3v) is 5.14. The molecule has 2 nitrogen and oxygen atoms in total. The van der Waals surface area contributed by atoms with Crippen LogP contribution in [0.25, 0.3) is 10.8 Å². The molecule has 27 heavy (non-hydrogen) atoms. The molecule has 0 aromatic heterocycles. The minimum absolute atomic E-state index is 0.794. The summed E-state index contributed by atoms with van der Waals surface area (Å²) in [6.07, 6.45) is 4.60. The molecule has 0 fully saturated rings. The average Bonchev–Trinajstić information content (AvgIpc) is 2.70. The van der Waals surface area contributed by atoms with Crippen molar-refractivity contribution >= 4 is 10.8 Å². The molecule has 1 N–H and O–H groups in total. The number of fused-ring (bicyclic) bond motifs is 1. The number of hydrogen-bond donors (Lipinski definition) is 1. The van der Waals surface area contributed by atoms with Gasteiger partial charge in [0.2, 0.25) is 0 Å². The van der Waals surface area contributed by atoms with Crippen LogP contribution >= 0.6 is 0 Å². The molecule has 142 valence electrons. The summed E-state index contributed by atoms with van der Waals surface area (Å²) in [4.78, 5) is 0. The van der Waals surface area contributed by atoms with Crippen molar-refractivity contribution in [1.29, 1.82) is 0 Å². The van der Waals surface area contributed by atoms with Crippen molar-refractivity contribution in [3.05, 3.63) is 77.4 Å². The van der Waals surface area contributed by atoms with E-state index in [-0.39, 0.29) is 0 Å². The lowest BCUT2D eigenvalue weighted by Gasteiger charge is -2.15. The maximum Gasteiger partial charge on any atom is 0.124 e. The van der Waals surface area contributed by atoms with Crippen LogP contribution < -0.4 is 10.1 Å². The van der Waals surface area contributed by atoms with Crippen molar-refractivity contribution in [1.82, 2.24) is 5.32 Å². The van der Waals surface area contributed by atoms with E-state index in [0.717, 1.165) is 38.3 Å². The Kier molecular flexibility index (Phi) is 7.29. The Morgan fingerprint density at radius 1 is 0.889 bits per heavy atom. The van der Waals surface area contributed by atoms with Gasteiger partial charge in [0.05, 0.1) is 6.61 Å². The fraction of sp³-hybridized carbons (Fsp3) is 0.360. The first-order valence-electron chi connectivity index (χ1n) is 10.2. The molecule has 0 saturated carbocycles. The van der Waals surface area contributed by atoms with E-state index in [9.17, 15) is 0 Å².